The van der Waals surface area contributed by atoms with E-state index in [1.54, 1.807) is 25.1 Å². The van der Waals surface area contributed by atoms with Gasteiger partial charge in [-0.1, -0.05) is 25.1 Å². The van der Waals surface area contributed by atoms with E-state index in [1.807, 2.05) is 6.92 Å². The van der Waals surface area contributed by atoms with Crippen molar-refractivity contribution in [3.63, 3.8) is 0 Å². The van der Waals surface area contributed by atoms with Gasteiger partial charge in [0.15, 0.2) is 6.04 Å². The van der Waals surface area contributed by atoms with Crippen LogP contribution in [0.25, 0.3) is 0 Å². The average molecular weight is 277 g/mol. The molecule has 1 aliphatic carbocycles. The molecular weight excluding hydrogens is 258 g/mol. The summed E-state index contributed by atoms with van der Waals surface area (Å²) in [5, 5.41) is 12.5. The summed E-state index contributed by atoms with van der Waals surface area (Å²) in [6.07, 6.45) is 0.835. The van der Waals surface area contributed by atoms with Gasteiger partial charge in [-0.15, -0.1) is 0 Å². The zero-order chi connectivity index (χ0) is 14.7. The summed E-state index contributed by atoms with van der Waals surface area (Å²) in [6, 6.07) is 5.48. The van der Waals surface area contributed by atoms with E-state index in [9.17, 15) is 14.7 Å². The van der Waals surface area contributed by atoms with Crippen LogP contribution in [0.4, 0.5) is 0 Å². The highest BCUT2D eigenvalue weighted by Gasteiger charge is 2.41. The third-order valence-electron chi connectivity index (χ3n) is 3.50. The first-order chi connectivity index (χ1) is 9.54. The molecule has 5 heteroatoms. The van der Waals surface area contributed by atoms with Crippen LogP contribution in [0, 0.1) is 11.8 Å². The SMILES string of the molecule is CCOC(=O)C(NC(=O)C1CC1C)c1ccccc1O. The number of para-hydroxylation sites is 1. The van der Waals surface area contributed by atoms with Gasteiger partial charge in [-0.2, -0.15) is 0 Å². The molecule has 1 amide bonds. The first kappa shape index (κ1) is 14.4. The Morgan fingerprint density at radius 1 is 1.45 bits per heavy atom. The number of carbonyl (C=O) groups is 2. The molecule has 108 valence electrons. The molecule has 1 fully saturated rings. The molecule has 0 heterocycles. The monoisotopic (exact) mass is 277 g/mol. The predicted molar refractivity (Wildman–Crippen MR) is 72.9 cm³/mol. The molecule has 20 heavy (non-hydrogen) atoms. The summed E-state index contributed by atoms with van der Waals surface area (Å²) < 4.78 is 4.98. The second kappa shape index (κ2) is 5.94. The van der Waals surface area contributed by atoms with Gasteiger partial charge in [0.1, 0.15) is 5.75 Å². The number of benzene rings is 1. The molecule has 2 N–H and O–H groups in total. The fraction of sp³-hybridized carbons (Fsp3) is 0.467. The Morgan fingerprint density at radius 3 is 2.65 bits per heavy atom. The number of hydrogen-bond donors (Lipinski definition) is 2. The maximum Gasteiger partial charge on any atom is 0.333 e. The number of aromatic hydroxyl groups is 1. The quantitative estimate of drug-likeness (QED) is 0.804. The lowest BCUT2D eigenvalue weighted by Crippen LogP contribution is -2.36. The van der Waals surface area contributed by atoms with Gasteiger partial charge in [0.2, 0.25) is 5.91 Å². The van der Waals surface area contributed by atoms with Crippen LogP contribution < -0.4 is 5.32 Å². The molecule has 0 bridgehead atoms. The second-order valence-electron chi connectivity index (χ2n) is 5.07. The summed E-state index contributed by atoms with van der Waals surface area (Å²) >= 11 is 0. The highest BCUT2D eigenvalue weighted by molar-refractivity contribution is 5.88. The molecule has 1 aromatic rings. The molecule has 0 spiro atoms. The Morgan fingerprint density at radius 2 is 2.10 bits per heavy atom. The van der Waals surface area contributed by atoms with Gasteiger partial charge >= 0.3 is 5.97 Å². The Hall–Kier alpha value is -2.04. The summed E-state index contributed by atoms with van der Waals surface area (Å²) in [4.78, 5) is 24.0. The molecule has 0 aliphatic heterocycles. The maximum atomic E-state index is 12.0. The number of hydrogen-bond acceptors (Lipinski definition) is 4. The van der Waals surface area contributed by atoms with Crippen molar-refractivity contribution < 1.29 is 19.4 Å². The van der Waals surface area contributed by atoms with E-state index in [-0.39, 0.29) is 24.2 Å². The van der Waals surface area contributed by atoms with E-state index in [2.05, 4.69) is 5.32 Å². The van der Waals surface area contributed by atoms with Crippen LogP contribution in [0.3, 0.4) is 0 Å². The van der Waals surface area contributed by atoms with Crippen molar-refractivity contribution in [2.75, 3.05) is 6.61 Å². The van der Waals surface area contributed by atoms with Gasteiger partial charge in [-0.25, -0.2) is 4.79 Å². The van der Waals surface area contributed by atoms with Crippen molar-refractivity contribution in [2.24, 2.45) is 11.8 Å². The number of nitrogens with one attached hydrogen (secondary N) is 1. The highest BCUT2D eigenvalue weighted by Crippen LogP contribution is 2.38. The van der Waals surface area contributed by atoms with Crippen LogP contribution in [0.1, 0.15) is 31.9 Å². The van der Waals surface area contributed by atoms with Gasteiger partial charge < -0.3 is 15.2 Å². The highest BCUT2D eigenvalue weighted by atomic mass is 16.5. The van der Waals surface area contributed by atoms with Crippen molar-refractivity contribution >= 4 is 11.9 Å². The minimum absolute atomic E-state index is 0.0327. The average Bonchev–Trinajstić information content (AvgIpc) is 3.14. The largest absolute Gasteiger partial charge is 0.508 e. The van der Waals surface area contributed by atoms with Gasteiger partial charge in [-0.05, 0) is 25.3 Å². The van der Waals surface area contributed by atoms with E-state index in [0.717, 1.165) is 6.42 Å². The zero-order valence-corrected chi connectivity index (χ0v) is 11.6. The van der Waals surface area contributed by atoms with E-state index in [1.165, 1.54) is 6.07 Å². The fourth-order valence-electron chi connectivity index (χ4n) is 2.16. The van der Waals surface area contributed by atoms with Crippen molar-refractivity contribution in [1.82, 2.24) is 5.32 Å². The normalized spacial score (nSPS) is 21.9. The van der Waals surface area contributed by atoms with Crippen LogP contribution in [-0.2, 0) is 14.3 Å². The number of phenolic OH excluding ortho intramolecular Hbond substituents is 1. The van der Waals surface area contributed by atoms with Crippen LogP contribution in [0.2, 0.25) is 0 Å². The summed E-state index contributed by atoms with van der Waals surface area (Å²) in [7, 11) is 0. The number of amides is 1. The smallest absolute Gasteiger partial charge is 0.333 e. The second-order valence-corrected chi connectivity index (χ2v) is 5.07. The maximum absolute atomic E-state index is 12.0. The molecule has 3 atom stereocenters. The number of phenols is 1. The van der Waals surface area contributed by atoms with Crippen molar-refractivity contribution in [3.8, 4) is 5.75 Å². The lowest BCUT2D eigenvalue weighted by atomic mass is 10.1. The molecule has 3 unspecified atom stereocenters. The van der Waals surface area contributed by atoms with Gasteiger partial charge in [0.05, 0.1) is 6.61 Å². The molecule has 1 aliphatic rings. The molecule has 5 nitrogen and oxygen atoms in total. The third-order valence-corrected chi connectivity index (χ3v) is 3.50. The zero-order valence-electron chi connectivity index (χ0n) is 11.6. The van der Waals surface area contributed by atoms with E-state index in [0.29, 0.717) is 11.5 Å². The Bertz CT molecular complexity index is 514. The first-order valence-electron chi connectivity index (χ1n) is 6.79. The molecular formula is C15H19NO4. The summed E-state index contributed by atoms with van der Waals surface area (Å²) in [5.41, 5.74) is 0.354. The Balaban J connectivity index is 2.18. The molecule has 0 saturated heterocycles. The van der Waals surface area contributed by atoms with Crippen LogP contribution >= 0.6 is 0 Å². The van der Waals surface area contributed by atoms with Crippen LogP contribution in [0.15, 0.2) is 24.3 Å². The summed E-state index contributed by atoms with van der Waals surface area (Å²) in [6.45, 7) is 3.91. The standard InChI is InChI=1S/C15H19NO4/c1-3-20-15(19)13(10-6-4-5-7-12(10)17)16-14(18)11-8-9(11)2/h4-7,9,11,13,17H,3,8H2,1-2H3,(H,16,18). The Kier molecular flexibility index (Phi) is 4.27. The lowest BCUT2D eigenvalue weighted by molar-refractivity contribution is -0.147. The minimum Gasteiger partial charge on any atom is -0.508 e. The van der Waals surface area contributed by atoms with Crippen molar-refractivity contribution in [2.45, 2.75) is 26.3 Å². The lowest BCUT2D eigenvalue weighted by Gasteiger charge is -2.18. The molecule has 0 aromatic heterocycles. The molecule has 1 aromatic carbocycles. The number of rotatable bonds is 5. The van der Waals surface area contributed by atoms with Crippen molar-refractivity contribution in [1.29, 1.82) is 0 Å². The molecule has 1 saturated carbocycles. The fourth-order valence-corrected chi connectivity index (χ4v) is 2.16. The van der Waals surface area contributed by atoms with Gasteiger partial charge in [0.25, 0.3) is 0 Å². The number of ether oxygens (including phenoxy) is 1. The first-order valence-corrected chi connectivity index (χ1v) is 6.79. The van der Waals surface area contributed by atoms with E-state index in [4.69, 9.17) is 4.74 Å². The molecule has 2 rings (SSSR count). The minimum atomic E-state index is -0.962. The van der Waals surface area contributed by atoms with E-state index >= 15 is 0 Å². The Labute approximate surface area is 117 Å². The van der Waals surface area contributed by atoms with Gasteiger partial charge in [0, 0.05) is 11.5 Å². The van der Waals surface area contributed by atoms with Crippen LogP contribution in [0.5, 0.6) is 5.75 Å². The topological polar surface area (TPSA) is 75.6 Å². The van der Waals surface area contributed by atoms with Crippen molar-refractivity contribution in [3.05, 3.63) is 29.8 Å². The number of carbonyl (C=O) groups excluding carboxylic acids is 2. The third kappa shape index (κ3) is 3.10. The molecule has 0 radical (unpaired) electrons. The predicted octanol–water partition coefficient (Wildman–Crippen LogP) is 1.77. The number of esters is 1. The van der Waals surface area contributed by atoms with Crippen LogP contribution in [-0.4, -0.2) is 23.6 Å². The van der Waals surface area contributed by atoms with E-state index < -0.39 is 12.0 Å². The summed E-state index contributed by atoms with van der Waals surface area (Å²) in [5.74, 6) is -0.454. The van der Waals surface area contributed by atoms with Gasteiger partial charge in [-0.3, -0.25) is 4.79 Å².